The number of hydrogen-bond acceptors (Lipinski definition) is 5. The molecular weight excluding hydrogens is 332 g/mol. The number of carbonyl (C=O) groups excluding carboxylic acids is 1. The first-order valence-electron chi connectivity index (χ1n) is 7.89. The Balaban J connectivity index is 1.83. The van der Waals surface area contributed by atoms with E-state index in [0.29, 0.717) is 28.4 Å². The molecule has 0 aliphatic heterocycles. The number of methoxy groups -OCH3 is 1. The monoisotopic (exact) mass is 350 g/mol. The predicted molar refractivity (Wildman–Crippen MR) is 100 cm³/mol. The minimum atomic E-state index is -0.273. The van der Waals surface area contributed by atoms with Gasteiger partial charge in [0.15, 0.2) is 0 Å². The van der Waals surface area contributed by atoms with Gasteiger partial charge in [-0.05, 0) is 48.9 Å². The summed E-state index contributed by atoms with van der Waals surface area (Å²) in [5.41, 5.74) is 9.32. The van der Waals surface area contributed by atoms with E-state index < -0.39 is 0 Å². The second kappa shape index (κ2) is 7.10. The molecule has 0 unspecified atom stereocenters. The van der Waals surface area contributed by atoms with Crippen LogP contribution in [0.1, 0.15) is 15.9 Å². The molecule has 1 heterocycles. The zero-order chi connectivity index (χ0) is 18.7. The fraction of sp³-hybridized carbons (Fsp3) is 0.105. The lowest BCUT2D eigenvalue weighted by molar-refractivity contribution is 0.102. The van der Waals surface area contributed by atoms with Crippen molar-refractivity contribution in [1.29, 1.82) is 0 Å². The molecule has 7 heteroatoms. The molecule has 132 valence electrons. The van der Waals surface area contributed by atoms with Gasteiger partial charge in [0.1, 0.15) is 5.75 Å². The van der Waals surface area contributed by atoms with Gasteiger partial charge in [-0.25, -0.2) is 5.10 Å². The van der Waals surface area contributed by atoms with Crippen LogP contribution in [0.2, 0.25) is 0 Å². The number of aromatic nitrogens is 2. The maximum atomic E-state index is 12.4. The second-order valence-corrected chi connectivity index (χ2v) is 5.75. The number of ether oxygens (including phenoxy) is 1. The molecule has 0 fully saturated rings. The van der Waals surface area contributed by atoms with Crippen LogP contribution in [-0.2, 0) is 0 Å². The summed E-state index contributed by atoms with van der Waals surface area (Å²) in [6, 6.07) is 13.4. The molecular formula is C19H18N4O3. The van der Waals surface area contributed by atoms with Gasteiger partial charge >= 0.3 is 0 Å². The van der Waals surface area contributed by atoms with Crippen LogP contribution in [0.4, 0.5) is 11.4 Å². The second-order valence-electron chi connectivity index (χ2n) is 5.75. The average Bonchev–Trinajstić information content (AvgIpc) is 2.63. The molecule has 1 aromatic heterocycles. The van der Waals surface area contributed by atoms with E-state index in [1.165, 1.54) is 6.07 Å². The van der Waals surface area contributed by atoms with E-state index in [9.17, 15) is 9.59 Å². The number of aryl methyl sites for hydroxylation is 1. The van der Waals surface area contributed by atoms with Gasteiger partial charge in [-0.1, -0.05) is 6.07 Å². The number of nitrogens with two attached hydrogens (primary N) is 1. The van der Waals surface area contributed by atoms with E-state index in [4.69, 9.17) is 10.5 Å². The fourth-order valence-corrected chi connectivity index (χ4v) is 2.55. The van der Waals surface area contributed by atoms with E-state index in [2.05, 4.69) is 15.5 Å². The Morgan fingerprint density at radius 1 is 1.15 bits per heavy atom. The summed E-state index contributed by atoms with van der Waals surface area (Å²) < 4.78 is 5.08. The van der Waals surface area contributed by atoms with Crippen LogP contribution >= 0.6 is 0 Å². The first-order chi connectivity index (χ1) is 12.5. The molecule has 3 aromatic rings. The van der Waals surface area contributed by atoms with Crippen LogP contribution in [0.15, 0.2) is 53.3 Å². The minimum Gasteiger partial charge on any atom is -0.497 e. The third-order valence-electron chi connectivity index (χ3n) is 3.92. The van der Waals surface area contributed by atoms with Crippen LogP contribution in [0.3, 0.4) is 0 Å². The molecule has 0 bridgehead atoms. The molecule has 4 N–H and O–H groups in total. The first kappa shape index (κ1) is 17.2. The van der Waals surface area contributed by atoms with Crippen molar-refractivity contribution in [2.45, 2.75) is 6.92 Å². The van der Waals surface area contributed by atoms with Gasteiger partial charge in [0.05, 0.1) is 24.2 Å². The third-order valence-corrected chi connectivity index (χ3v) is 3.92. The predicted octanol–water partition coefficient (Wildman–Crippen LogP) is 2.59. The Labute approximate surface area is 149 Å². The van der Waals surface area contributed by atoms with Crippen molar-refractivity contribution in [3.63, 3.8) is 0 Å². The standard InChI is InChI=1S/C19H18N4O3/c1-11-9-17(24)22-23-18(11)13-5-8-16(15(20)10-13)21-19(25)12-3-6-14(26-2)7-4-12/h3-10H,20H2,1-2H3,(H,21,25)(H,22,24). The van der Waals surface area contributed by atoms with Gasteiger partial charge in [-0.15, -0.1) is 0 Å². The fourth-order valence-electron chi connectivity index (χ4n) is 2.55. The number of H-pyrrole nitrogens is 1. The van der Waals surface area contributed by atoms with Gasteiger partial charge in [0, 0.05) is 17.2 Å². The highest BCUT2D eigenvalue weighted by Crippen LogP contribution is 2.27. The highest BCUT2D eigenvalue weighted by molar-refractivity contribution is 6.06. The number of carbonyl (C=O) groups is 1. The molecule has 3 rings (SSSR count). The first-order valence-corrected chi connectivity index (χ1v) is 7.89. The molecule has 0 radical (unpaired) electrons. The number of amides is 1. The number of rotatable bonds is 4. The molecule has 7 nitrogen and oxygen atoms in total. The van der Waals surface area contributed by atoms with Crippen molar-refractivity contribution in [3.8, 4) is 17.0 Å². The van der Waals surface area contributed by atoms with Crippen LogP contribution in [-0.4, -0.2) is 23.2 Å². The summed E-state index contributed by atoms with van der Waals surface area (Å²) in [4.78, 5) is 23.6. The smallest absolute Gasteiger partial charge is 0.264 e. The van der Waals surface area contributed by atoms with E-state index >= 15 is 0 Å². The summed E-state index contributed by atoms with van der Waals surface area (Å²) in [6.07, 6.45) is 0. The van der Waals surface area contributed by atoms with Gasteiger partial charge in [0.25, 0.3) is 11.5 Å². The van der Waals surface area contributed by atoms with E-state index in [1.54, 1.807) is 56.5 Å². The number of hydrogen-bond donors (Lipinski definition) is 3. The highest BCUT2D eigenvalue weighted by atomic mass is 16.5. The summed E-state index contributed by atoms with van der Waals surface area (Å²) >= 11 is 0. The van der Waals surface area contributed by atoms with Gasteiger partial charge in [-0.3, -0.25) is 9.59 Å². The number of benzene rings is 2. The minimum absolute atomic E-state index is 0.261. The largest absolute Gasteiger partial charge is 0.497 e. The van der Waals surface area contributed by atoms with E-state index in [0.717, 1.165) is 11.1 Å². The third kappa shape index (κ3) is 3.56. The molecule has 1 amide bonds. The van der Waals surface area contributed by atoms with Crippen LogP contribution in [0, 0.1) is 6.92 Å². The normalized spacial score (nSPS) is 10.4. The SMILES string of the molecule is COc1ccc(C(=O)Nc2ccc(-c3n[nH]c(=O)cc3C)cc2N)cc1. The Kier molecular flexibility index (Phi) is 4.70. The maximum absolute atomic E-state index is 12.4. The molecule has 0 saturated carbocycles. The van der Waals surface area contributed by atoms with Crippen molar-refractivity contribution in [2.24, 2.45) is 0 Å². The number of nitrogen functional groups attached to an aromatic ring is 1. The molecule has 26 heavy (non-hydrogen) atoms. The lowest BCUT2D eigenvalue weighted by Crippen LogP contribution is -2.13. The molecule has 0 spiro atoms. The number of nitrogens with one attached hydrogen (secondary N) is 2. The molecule has 0 aliphatic rings. The number of aromatic amines is 1. The van der Waals surface area contributed by atoms with E-state index in [-0.39, 0.29) is 11.5 Å². The lowest BCUT2D eigenvalue weighted by Gasteiger charge is -2.11. The van der Waals surface area contributed by atoms with Crippen molar-refractivity contribution in [1.82, 2.24) is 10.2 Å². The molecule has 0 aliphatic carbocycles. The molecule has 0 saturated heterocycles. The summed E-state index contributed by atoms with van der Waals surface area (Å²) in [7, 11) is 1.57. The Bertz CT molecular complexity index is 1010. The van der Waals surface area contributed by atoms with Gasteiger partial charge < -0.3 is 15.8 Å². The van der Waals surface area contributed by atoms with Crippen molar-refractivity contribution in [3.05, 3.63) is 70.0 Å². The maximum Gasteiger partial charge on any atom is 0.264 e. The average molecular weight is 350 g/mol. The van der Waals surface area contributed by atoms with Crippen molar-refractivity contribution in [2.75, 3.05) is 18.2 Å². The van der Waals surface area contributed by atoms with Crippen molar-refractivity contribution >= 4 is 17.3 Å². The summed E-state index contributed by atoms with van der Waals surface area (Å²) in [5.74, 6) is 0.402. The zero-order valence-corrected chi connectivity index (χ0v) is 14.4. The number of nitrogens with zero attached hydrogens (tertiary/aromatic N) is 1. The van der Waals surface area contributed by atoms with Gasteiger partial charge in [-0.2, -0.15) is 5.10 Å². The topological polar surface area (TPSA) is 110 Å². The Morgan fingerprint density at radius 3 is 2.50 bits per heavy atom. The Morgan fingerprint density at radius 2 is 1.88 bits per heavy atom. The quantitative estimate of drug-likeness (QED) is 0.627. The zero-order valence-electron chi connectivity index (χ0n) is 14.4. The highest BCUT2D eigenvalue weighted by Gasteiger charge is 2.11. The van der Waals surface area contributed by atoms with Gasteiger partial charge in [0.2, 0.25) is 0 Å². The van der Waals surface area contributed by atoms with Crippen LogP contribution in [0.25, 0.3) is 11.3 Å². The van der Waals surface area contributed by atoms with E-state index in [1.807, 2.05) is 0 Å². The molecule has 0 atom stereocenters. The Hall–Kier alpha value is -3.61. The summed E-state index contributed by atoms with van der Waals surface area (Å²) in [5, 5.41) is 9.24. The molecule has 2 aromatic carbocycles. The lowest BCUT2D eigenvalue weighted by atomic mass is 10.1. The van der Waals surface area contributed by atoms with Crippen LogP contribution < -0.4 is 21.3 Å². The van der Waals surface area contributed by atoms with Crippen LogP contribution in [0.5, 0.6) is 5.75 Å². The summed E-state index contributed by atoms with van der Waals surface area (Å²) in [6.45, 7) is 1.80. The van der Waals surface area contributed by atoms with Crippen molar-refractivity contribution < 1.29 is 9.53 Å². The number of anilines is 2.